The van der Waals surface area contributed by atoms with Gasteiger partial charge in [0.1, 0.15) is 7.94 Å². The molecule has 0 unspecified atom stereocenters. The number of hydrogen-bond donors (Lipinski definition) is 0. The highest BCUT2D eigenvalue weighted by Gasteiger charge is 2.45. The third-order valence-corrected chi connectivity index (χ3v) is 6.75. The van der Waals surface area contributed by atoms with Crippen LogP contribution in [0.1, 0.15) is 20.3 Å². The minimum atomic E-state index is -1.71. The lowest BCUT2D eigenvalue weighted by Gasteiger charge is -2.37. The van der Waals surface area contributed by atoms with Crippen LogP contribution in [0.2, 0.25) is 13.1 Å². The average molecular weight is 248 g/mol. The molecule has 17 heavy (non-hydrogen) atoms. The number of hydrogen-bond acceptors (Lipinski definition) is 2. The fourth-order valence-corrected chi connectivity index (χ4v) is 4.85. The van der Waals surface area contributed by atoms with Crippen molar-refractivity contribution < 1.29 is 9.31 Å². The second-order valence-corrected chi connectivity index (χ2v) is 10.0. The van der Waals surface area contributed by atoms with Crippen molar-refractivity contribution in [3.8, 4) is 0 Å². The molecular weight excluding hydrogens is 227 g/mol. The summed E-state index contributed by atoms with van der Waals surface area (Å²) in [4.78, 5) is 0. The van der Waals surface area contributed by atoms with Crippen molar-refractivity contribution in [2.24, 2.45) is 0 Å². The van der Waals surface area contributed by atoms with Gasteiger partial charge in [-0.25, -0.2) is 0 Å². The van der Waals surface area contributed by atoms with E-state index in [1.807, 2.05) is 0 Å². The van der Waals surface area contributed by atoms with E-state index in [1.165, 1.54) is 5.19 Å². The summed E-state index contributed by atoms with van der Waals surface area (Å²) < 4.78 is 12.0. The van der Waals surface area contributed by atoms with E-state index in [4.69, 9.17) is 9.31 Å². The Bertz CT molecular complexity index is 359. The van der Waals surface area contributed by atoms with Gasteiger partial charge in [-0.05, 0) is 20.3 Å². The first-order valence-corrected chi connectivity index (χ1v) is 9.44. The molecule has 0 bridgehead atoms. The Labute approximate surface area is 105 Å². The highest BCUT2D eigenvalue weighted by Crippen LogP contribution is 2.21. The Balaban J connectivity index is 2.20. The third-order valence-electron chi connectivity index (χ3n) is 3.48. The number of rotatable bonds is 2. The molecule has 0 spiro atoms. The normalized spacial score (nSPS) is 26.0. The molecule has 1 heterocycles. The standard InChI is InChI=1S/C13H21BO2Si/c1-11-10-12(2)16-14(15-11)17(3,4)13-8-6-5-7-9-13/h5-9,11-12H,10H2,1-4H3/t11-,12-/m1/s1. The van der Waals surface area contributed by atoms with Crippen LogP contribution in [-0.2, 0) is 9.31 Å². The van der Waals surface area contributed by atoms with Gasteiger partial charge in [-0.2, -0.15) is 0 Å². The van der Waals surface area contributed by atoms with E-state index >= 15 is 0 Å². The summed E-state index contributed by atoms with van der Waals surface area (Å²) in [5.41, 5.74) is 0. The predicted octanol–water partition coefficient (Wildman–Crippen LogP) is 2.38. The lowest BCUT2D eigenvalue weighted by molar-refractivity contribution is 0.0428. The lowest BCUT2D eigenvalue weighted by Crippen LogP contribution is -2.62. The van der Waals surface area contributed by atoms with Crippen LogP contribution in [0.5, 0.6) is 0 Å². The smallest absolute Gasteiger partial charge is 0.411 e. The van der Waals surface area contributed by atoms with Crippen molar-refractivity contribution in [1.82, 2.24) is 0 Å². The van der Waals surface area contributed by atoms with E-state index in [0.717, 1.165) is 6.42 Å². The summed E-state index contributed by atoms with van der Waals surface area (Å²) in [6.07, 6.45) is 1.61. The molecule has 1 fully saturated rings. The fourth-order valence-electron chi connectivity index (χ4n) is 2.38. The minimum Gasteiger partial charge on any atom is -0.411 e. The fraction of sp³-hybridized carbons (Fsp3) is 0.538. The highest BCUT2D eigenvalue weighted by atomic mass is 28.3. The van der Waals surface area contributed by atoms with Crippen molar-refractivity contribution in [3.63, 3.8) is 0 Å². The van der Waals surface area contributed by atoms with Crippen LogP contribution >= 0.6 is 0 Å². The van der Waals surface area contributed by atoms with Crippen molar-refractivity contribution in [3.05, 3.63) is 30.3 Å². The molecule has 0 saturated carbocycles. The Morgan fingerprint density at radius 2 is 1.59 bits per heavy atom. The molecule has 2 atom stereocenters. The molecule has 2 nitrogen and oxygen atoms in total. The SMILES string of the molecule is C[C@@H]1C[C@@H](C)OB([Si](C)(C)c2ccccc2)O1. The van der Waals surface area contributed by atoms with Crippen molar-refractivity contribution >= 4 is 19.8 Å². The van der Waals surface area contributed by atoms with Gasteiger partial charge in [0.2, 0.25) is 0 Å². The van der Waals surface area contributed by atoms with E-state index in [2.05, 4.69) is 57.3 Å². The second-order valence-electron chi connectivity index (χ2n) is 5.55. The minimum absolute atomic E-state index is 0.0244. The van der Waals surface area contributed by atoms with E-state index in [1.54, 1.807) is 0 Å². The zero-order chi connectivity index (χ0) is 12.5. The Morgan fingerprint density at radius 3 is 2.12 bits per heavy atom. The Hall–Kier alpha value is -0.578. The van der Waals surface area contributed by atoms with E-state index in [0.29, 0.717) is 12.2 Å². The van der Waals surface area contributed by atoms with Gasteiger partial charge >= 0.3 is 6.71 Å². The van der Waals surface area contributed by atoms with Crippen LogP contribution in [0.25, 0.3) is 0 Å². The Kier molecular flexibility index (Phi) is 3.76. The molecule has 0 amide bonds. The highest BCUT2D eigenvalue weighted by molar-refractivity contribution is 7.33. The van der Waals surface area contributed by atoms with Crippen LogP contribution in [-0.4, -0.2) is 26.9 Å². The predicted molar refractivity (Wildman–Crippen MR) is 75.0 cm³/mol. The first-order valence-electron chi connectivity index (χ1n) is 6.36. The average Bonchev–Trinajstić information content (AvgIpc) is 2.29. The van der Waals surface area contributed by atoms with Crippen molar-refractivity contribution in [2.45, 2.75) is 45.6 Å². The van der Waals surface area contributed by atoms with Gasteiger partial charge in [0.25, 0.3) is 0 Å². The summed E-state index contributed by atoms with van der Waals surface area (Å²) >= 11 is 0. The molecule has 1 aromatic rings. The molecule has 0 N–H and O–H groups in total. The van der Waals surface area contributed by atoms with E-state index < -0.39 is 7.94 Å². The molecule has 1 aliphatic heterocycles. The molecule has 1 aliphatic rings. The summed E-state index contributed by atoms with van der Waals surface area (Å²) in [6.45, 7) is 8.89. The quantitative estimate of drug-likeness (QED) is 0.748. The maximum absolute atomic E-state index is 6.02. The second kappa shape index (κ2) is 4.96. The zero-order valence-corrected chi connectivity index (χ0v) is 12.1. The van der Waals surface area contributed by atoms with Crippen molar-refractivity contribution in [1.29, 1.82) is 0 Å². The van der Waals surface area contributed by atoms with Crippen LogP contribution in [0.3, 0.4) is 0 Å². The lowest BCUT2D eigenvalue weighted by atomic mass is 10.1. The molecule has 1 aromatic carbocycles. The molecule has 0 aliphatic carbocycles. The van der Waals surface area contributed by atoms with Crippen LogP contribution in [0, 0.1) is 0 Å². The van der Waals surface area contributed by atoms with Crippen LogP contribution in [0.15, 0.2) is 30.3 Å². The van der Waals surface area contributed by atoms with Gasteiger partial charge in [-0.1, -0.05) is 48.6 Å². The molecule has 4 heteroatoms. The van der Waals surface area contributed by atoms with Crippen molar-refractivity contribution in [2.75, 3.05) is 0 Å². The summed E-state index contributed by atoms with van der Waals surface area (Å²) in [5, 5.41) is 1.39. The van der Waals surface area contributed by atoms with Gasteiger partial charge < -0.3 is 9.31 Å². The topological polar surface area (TPSA) is 18.5 Å². The van der Waals surface area contributed by atoms with Gasteiger partial charge in [0.15, 0.2) is 0 Å². The largest absolute Gasteiger partial charge is 0.438 e. The van der Waals surface area contributed by atoms with Gasteiger partial charge in [-0.3, -0.25) is 0 Å². The molecule has 1 saturated heterocycles. The molecule has 0 aromatic heterocycles. The van der Waals surface area contributed by atoms with E-state index in [-0.39, 0.29) is 6.71 Å². The third kappa shape index (κ3) is 2.81. The number of benzene rings is 1. The van der Waals surface area contributed by atoms with Gasteiger partial charge in [-0.15, -0.1) is 0 Å². The zero-order valence-electron chi connectivity index (χ0n) is 11.1. The van der Waals surface area contributed by atoms with Gasteiger partial charge in [0, 0.05) is 12.2 Å². The molecule has 2 rings (SSSR count). The monoisotopic (exact) mass is 248 g/mol. The van der Waals surface area contributed by atoms with Crippen LogP contribution in [0.4, 0.5) is 0 Å². The summed E-state index contributed by atoms with van der Waals surface area (Å²) in [6, 6.07) is 10.6. The summed E-state index contributed by atoms with van der Waals surface area (Å²) in [7, 11) is -1.71. The first kappa shape index (κ1) is 12.9. The maximum Gasteiger partial charge on any atom is 0.438 e. The van der Waals surface area contributed by atoms with E-state index in [9.17, 15) is 0 Å². The van der Waals surface area contributed by atoms with Crippen LogP contribution < -0.4 is 5.19 Å². The Morgan fingerprint density at radius 1 is 1.06 bits per heavy atom. The maximum atomic E-state index is 6.02. The van der Waals surface area contributed by atoms with Gasteiger partial charge in [0.05, 0.1) is 0 Å². The molecule has 92 valence electrons. The molecule has 0 radical (unpaired) electrons. The molecular formula is C13H21BO2Si. The summed E-state index contributed by atoms with van der Waals surface area (Å²) in [5.74, 6) is 0. The first-order chi connectivity index (χ1) is 8.00.